The van der Waals surface area contributed by atoms with E-state index in [4.69, 9.17) is 0 Å². The topological polar surface area (TPSA) is 54.5 Å². The van der Waals surface area contributed by atoms with E-state index in [-0.39, 0.29) is 10.8 Å². The Kier molecular flexibility index (Phi) is 4.89. The molecule has 1 aliphatic heterocycles. The van der Waals surface area contributed by atoms with Gasteiger partial charge in [-0.2, -0.15) is 0 Å². The highest BCUT2D eigenvalue weighted by Gasteiger charge is 2.33. The van der Waals surface area contributed by atoms with E-state index in [9.17, 15) is 17.6 Å². The fourth-order valence-electron chi connectivity index (χ4n) is 3.77. The zero-order valence-electron chi connectivity index (χ0n) is 15.2. The van der Waals surface area contributed by atoms with E-state index in [0.717, 1.165) is 22.9 Å². The number of halogens is 1. The molecule has 1 heterocycles. The molecule has 0 bridgehead atoms. The van der Waals surface area contributed by atoms with Crippen molar-refractivity contribution in [2.45, 2.75) is 23.0 Å². The molecule has 3 aromatic rings. The molecule has 144 valence electrons. The van der Waals surface area contributed by atoms with Crippen LogP contribution < -0.4 is 0 Å². The molecule has 1 saturated heterocycles. The van der Waals surface area contributed by atoms with Crippen molar-refractivity contribution in [3.05, 3.63) is 78.1 Å². The van der Waals surface area contributed by atoms with Crippen LogP contribution in [0.15, 0.2) is 71.6 Å². The molecule has 0 spiro atoms. The fraction of sp³-hybridized carbons (Fsp3) is 0.227. The monoisotopic (exact) mass is 397 g/mol. The van der Waals surface area contributed by atoms with Crippen LogP contribution in [0.5, 0.6) is 0 Å². The number of benzene rings is 3. The number of amides is 1. The van der Waals surface area contributed by atoms with Gasteiger partial charge in [0.1, 0.15) is 5.82 Å². The number of hydrogen-bond donors (Lipinski definition) is 0. The first kappa shape index (κ1) is 18.6. The summed E-state index contributed by atoms with van der Waals surface area (Å²) in [7, 11) is -3.53. The van der Waals surface area contributed by atoms with E-state index in [1.165, 1.54) is 12.1 Å². The maximum Gasteiger partial charge on any atom is 0.254 e. The lowest BCUT2D eigenvalue weighted by atomic mass is 10.0. The number of sulfone groups is 1. The Bertz CT molecular complexity index is 1110. The van der Waals surface area contributed by atoms with Gasteiger partial charge in [-0.15, -0.1) is 0 Å². The van der Waals surface area contributed by atoms with Crippen LogP contribution in [0.25, 0.3) is 10.8 Å². The average Bonchev–Trinajstić information content (AvgIpc) is 2.73. The van der Waals surface area contributed by atoms with Gasteiger partial charge in [-0.05, 0) is 53.9 Å². The van der Waals surface area contributed by atoms with Crippen LogP contribution in [-0.4, -0.2) is 37.6 Å². The van der Waals surface area contributed by atoms with Crippen LogP contribution in [0.1, 0.15) is 23.2 Å². The summed E-state index contributed by atoms with van der Waals surface area (Å²) in [5.41, 5.74) is 0.637. The number of rotatable bonds is 3. The Morgan fingerprint density at radius 2 is 1.54 bits per heavy atom. The van der Waals surface area contributed by atoms with E-state index in [0.29, 0.717) is 31.5 Å². The quantitative estimate of drug-likeness (QED) is 0.627. The van der Waals surface area contributed by atoms with Crippen molar-refractivity contribution in [3.8, 4) is 0 Å². The van der Waals surface area contributed by atoms with Gasteiger partial charge in [-0.25, -0.2) is 12.8 Å². The molecular formula is C22H20FNO3S. The molecule has 1 amide bonds. The van der Waals surface area contributed by atoms with Crippen molar-refractivity contribution >= 4 is 26.5 Å². The van der Waals surface area contributed by atoms with Gasteiger partial charge in [0.25, 0.3) is 5.91 Å². The summed E-state index contributed by atoms with van der Waals surface area (Å²) in [5.74, 6) is -0.538. The maximum atomic E-state index is 13.1. The van der Waals surface area contributed by atoms with Crippen LogP contribution in [0.4, 0.5) is 4.39 Å². The number of carbonyl (C=O) groups excluding carboxylic acids is 1. The lowest BCUT2D eigenvalue weighted by Gasteiger charge is -2.32. The van der Waals surface area contributed by atoms with E-state index in [1.54, 1.807) is 4.90 Å². The molecule has 0 radical (unpaired) electrons. The Morgan fingerprint density at radius 1 is 0.893 bits per heavy atom. The van der Waals surface area contributed by atoms with Gasteiger partial charge in [-0.3, -0.25) is 4.79 Å². The van der Waals surface area contributed by atoms with Crippen LogP contribution in [0.3, 0.4) is 0 Å². The summed E-state index contributed by atoms with van der Waals surface area (Å²) in [5, 5.41) is 1.34. The molecule has 1 aliphatic rings. The van der Waals surface area contributed by atoms with E-state index in [2.05, 4.69) is 0 Å². The normalized spacial score (nSPS) is 15.7. The Balaban J connectivity index is 1.51. The summed E-state index contributed by atoms with van der Waals surface area (Å²) in [6.07, 6.45) is 0.742. The molecule has 6 heteroatoms. The van der Waals surface area contributed by atoms with E-state index in [1.807, 2.05) is 42.5 Å². The van der Waals surface area contributed by atoms with Crippen LogP contribution in [-0.2, 0) is 9.84 Å². The average molecular weight is 397 g/mol. The van der Waals surface area contributed by atoms with Gasteiger partial charge in [0, 0.05) is 18.7 Å². The number of likely N-dealkylation sites (tertiary alicyclic amines) is 1. The van der Waals surface area contributed by atoms with Crippen molar-refractivity contribution in [3.63, 3.8) is 0 Å². The molecule has 0 unspecified atom stereocenters. The molecule has 3 aromatic carbocycles. The Morgan fingerprint density at radius 3 is 2.25 bits per heavy atom. The Labute approximate surface area is 163 Å². The minimum absolute atomic E-state index is 0.0746. The second-order valence-corrected chi connectivity index (χ2v) is 9.25. The number of carbonyl (C=O) groups is 1. The molecule has 0 aromatic heterocycles. The summed E-state index contributed by atoms with van der Waals surface area (Å²) in [6, 6.07) is 18.3. The van der Waals surface area contributed by atoms with Crippen LogP contribution >= 0.6 is 0 Å². The molecule has 28 heavy (non-hydrogen) atoms. The lowest BCUT2D eigenvalue weighted by molar-refractivity contribution is 0.0727. The summed E-state index contributed by atoms with van der Waals surface area (Å²) in [4.78, 5) is 14.9. The van der Waals surface area contributed by atoms with Crippen molar-refractivity contribution < 1.29 is 17.6 Å². The van der Waals surface area contributed by atoms with Crippen molar-refractivity contribution in [2.75, 3.05) is 13.1 Å². The number of hydrogen-bond acceptors (Lipinski definition) is 3. The number of fused-ring (bicyclic) bond motifs is 1. The van der Waals surface area contributed by atoms with Crippen LogP contribution in [0.2, 0.25) is 0 Å². The molecular weight excluding hydrogens is 377 g/mol. The van der Waals surface area contributed by atoms with Crippen molar-refractivity contribution in [1.29, 1.82) is 0 Å². The van der Waals surface area contributed by atoms with E-state index >= 15 is 0 Å². The summed E-state index contributed by atoms with van der Waals surface area (Å²) >= 11 is 0. The minimum Gasteiger partial charge on any atom is -0.339 e. The highest BCUT2D eigenvalue weighted by Crippen LogP contribution is 2.27. The highest BCUT2D eigenvalue weighted by atomic mass is 32.2. The minimum atomic E-state index is -3.53. The molecule has 4 nitrogen and oxygen atoms in total. The smallest absolute Gasteiger partial charge is 0.254 e. The maximum absolute atomic E-state index is 13.1. The zero-order valence-corrected chi connectivity index (χ0v) is 16.0. The molecule has 0 N–H and O–H groups in total. The standard InChI is InChI=1S/C22H20FNO3S/c23-17-8-10-18(11-9-17)28(26,27)19-12-14-24(15-13-19)22(25)21-7-3-5-16-4-1-2-6-20(16)21/h1-11,19H,12-15H2. The molecule has 4 rings (SSSR count). The van der Waals surface area contributed by atoms with Gasteiger partial charge < -0.3 is 4.90 Å². The van der Waals surface area contributed by atoms with Gasteiger partial charge in [-0.1, -0.05) is 36.4 Å². The first-order chi connectivity index (χ1) is 13.5. The van der Waals surface area contributed by atoms with Gasteiger partial charge >= 0.3 is 0 Å². The predicted octanol–water partition coefficient (Wildman–Crippen LogP) is 4.06. The van der Waals surface area contributed by atoms with Crippen LogP contribution in [0, 0.1) is 5.82 Å². The van der Waals surface area contributed by atoms with Gasteiger partial charge in [0.2, 0.25) is 0 Å². The molecule has 0 aliphatic carbocycles. The second kappa shape index (κ2) is 7.36. The fourth-order valence-corrected chi connectivity index (χ4v) is 5.50. The SMILES string of the molecule is O=C(c1cccc2ccccc12)N1CCC(S(=O)(=O)c2ccc(F)cc2)CC1. The van der Waals surface area contributed by atoms with Crippen molar-refractivity contribution in [1.82, 2.24) is 4.90 Å². The first-order valence-corrected chi connectivity index (χ1v) is 10.8. The van der Waals surface area contributed by atoms with Gasteiger partial charge in [0.05, 0.1) is 10.1 Å². The molecule has 0 atom stereocenters. The third-order valence-corrected chi connectivity index (χ3v) is 7.61. The third kappa shape index (κ3) is 3.40. The second-order valence-electron chi connectivity index (χ2n) is 7.02. The Hall–Kier alpha value is -2.73. The number of piperidine rings is 1. The molecule has 1 fully saturated rings. The first-order valence-electron chi connectivity index (χ1n) is 9.23. The largest absolute Gasteiger partial charge is 0.339 e. The van der Waals surface area contributed by atoms with Gasteiger partial charge in [0.15, 0.2) is 9.84 Å². The highest BCUT2D eigenvalue weighted by molar-refractivity contribution is 7.92. The van der Waals surface area contributed by atoms with E-state index < -0.39 is 20.9 Å². The number of nitrogens with zero attached hydrogens (tertiary/aromatic N) is 1. The molecule has 0 saturated carbocycles. The third-order valence-electron chi connectivity index (χ3n) is 5.33. The lowest BCUT2D eigenvalue weighted by Crippen LogP contribution is -2.42. The summed E-state index contributed by atoms with van der Waals surface area (Å²) in [6.45, 7) is 0.764. The predicted molar refractivity (Wildman–Crippen MR) is 106 cm³/mol. The van der Waals surface area contributed by atoms with Crippen molar-refractivity contribution in [2.24, 2.45) is 0 Å². The summed E-state index contributed by atoms with van der Waals surface area (Å²) < 4.78 is 38.7. The zero-order chi connectivity index (χ0) is 19.7.